The highest BCUT2D eigenvalue weighted by Gasteiger charge is 1.94. The summed E-state index contributed by atoms with van der Waals surface area (Å²) in [5, 5.41) is 0. The number of benzene rings is 2. The minimum atomic E-state index is 0. The standard InChI is InChI=1S/2C8H8N2.H2O/c2*1-6-9-7-4-2-3-5-8(7)10-6;/h2*2-5H,1H3,(H,9,10);1H2. The third-order valence-corrected chi connectivity index (χ3v) is 3.02. The largest absolute Gasteiger partial charge is 0.412 e. The van der Waals surface area contributed by atoms with Gasteiger partial charge in [-0.25, -0.2) is 9.97 Å². The Kier molecular flexibility index (Phi) is 4.35. The van der Waals surface area contributed by atoms with Gasteiger partial charge >= 0.3 is 0 Å². The van der Waals surface area contributed by atoms with Crippen LogP contribution in [0.2, 0.25) is 0 Å². The molecule has 2 heterocycles. The number of hydrogen-bond acceptors (Lipinski definition) is 2. The molecule has 0 bridgehead atoms. The molecule has 0 aliphatic heterocycles. The molecule has 0 saturated heterocycles. The summed E-state index contributed by atoms with van der Waals surface area (Å²) in [7, 11) is 0. The molecular weight excluding hydrogens is 264 g/mol. The molecule has 4 N–H and O–H groups in total. The number of H-pyrrole nitrogens is 2. The smallest absolute Gasteiger partial charge is 0.104 e. The first-order valence-electron chi connectivity index (χ1n) is 6.55. The van der Waals surface area contributed by atoms with Gasteiger partial charge < -0.3 is 15.4 Å². The fraction of sp³-hybridized carbons (Fsp3) is 0.125. The summed E-state index contributed by atoms with van der Waals surface area (Å²) in [6.45, 7) is 3.92. The number of aromatic nitrogens is 4. The van der Waals surface area contributed by atoms with Crippen LogP contribution in [0.15, 0.2) is 48.5 Å². The maximum atomic E-state index is 4.26. The van der Waals surface area contributed by atoms with E-state index in [1.807, 2.05) is 62.4 Å². The van der Waals surface area contributed by atoms with Gasteiger partial charge in [-0.2, -0.15) is 0 Å². The van der Waals surface area contributed by atoms with Crippen LogP contribution >= 0.6 is 0 Å². The summed E-state index contributed by atoms with van der Waals surface area (Å²) in [4.78, 5) is 14.8. The Hall–Kier alpha value is -2.66. The van der Waals surface area contributed by atoms with Gasteiger partial charge in [-0.05, 0) is 38.1 Å². The van der Waals surface area contributed by atoms with Crippen LogP contribution in [0.3, 0.4) is 0 Å². The van der Waals surface area contributed by atoms with Gasteiger partial charge in [-0.15, -0.1) is 0 Å². The monoisotopic (exact) mass is 282 g/mol. The van der Waals surface area contributed by atoms with Crippen LogP contribution in [-0.2, 0) is 0 Å². The lowest BCUT2D eigenvalue weighted by Crippen LogP contribution is -1.68. The van der Waals surface area contributed by atoms with Gasteiger partial charge in [0.15, 0.2) is 0 Å². The lowest BCUT2D eigenvalue weighted by Gasteiger charge is -1.81. The van der Waals surface area contributed by atoms with Crippen LogP contribution in [0, 0.1) is 13.8 Å². The second-order valence-electron chi connectivity index (χ2n) is 4.68. The lowest BCUT2D eigenvalue weighted by molar-refractivity contribution is 0.824. The molecule has 108 valence electrons. The van der Waals surface area contributed by atoms with Gasteiger partial charge in [0.2, 0.25) is 0 Å². The second kappa shape index (κ2) is 6.19. The predicted molar refractivity (Wildman–Crippen MR) is 85.3 cm³/mol. The lowest BCUT2D eigenvalue weighted by atomic mass is 10.3. The Morgan fingerprint density at radius 2 is 1.05 bits per heavy atom. The molecule has 0 atom stereocenters. The van der Waals surface area contributed by atoms with E-state index in [0.717, 1.165) is 33.7 Å². The van der Waals surface area contributed by atoms with Crippen molar-refractivity contribution in [3.8, 4) is 0 Å². The number of aryl methyl sites for hydroxylation is 2. The van der Waals surface area contributed by atoms with Crippen molar-refractivity contribution in [2.45, 2.75) is 13.8 Å². The van der Waals surface area contributed by atoms with Crippen LogP contribution in [0.5, 0.6) is 0 Å². The first-order valence-corrected chi connectivity index (χ1v) is 6.55. The highest BCUT2D eigenvalue weighted by Crippen LogP contribution is 2.09. The van der Waals surface area contributed by atoms with E-state index in [0.29, 0.717) is 0 Å². The van der Waals surface area contributed by atoms with Crippen molar-refractivity contribution in [1.82, 2.24) is 19.9 Å². The van der Waals surface area contributed by atoms with Gasteiger partial charge in [0, 0.05) is 0 Å². The Labute approximate surface area is 122 Å². The van der Waals surface area contributed by atoms with Gasteiger partial charge in [0.1, 0.15) is 11.6 Å². The van der Waals surface area contributed by atoms with Crippen molar-refractivity contribution in [2.24, 2.45) is 0 Å². The quantitative estimate of drug-likeness (QED) is 0.519. The highest BCUT2D eigenvalue weighted by molar-refractivity contribution is 5.75. The fourth-order valence-electron chi connectivity index (χ4n) is 2.16. The third kappa shape index (κ3) is 3.27. The SMILES string of the molecule is Cc1nc2ccccc2[nH]1.Cc1nc2ccccc2[nH]1.O. The number of fused-ring (bicyclic) bond motifs is 2. The Balaban J connectivity index is 0.000000147. The first kappa shape index (κ1) is 14.7. The average Bonchev–Trinajstić information content (AvgIpc) is 2.99. The predicted octanol–water partition coefficient (Wildman–Crippen LogP) is 2.92. The van der Waals surface area contributed by atoms with Crippen molar-refractivity contribution in [1.29, 1.82) is 0 Å². The zero-order valence-corrected chi connectivity index (χ0v) is 12.0. The molecule has 2 aromatic heterocycles. The molecule has 0 aliphatic carbocycles. The third-order valence-electron chi connectivity index (χ3n) is 3.02. The number of rotatable bonds is 0. The molecule has 5 nitrogen and oxygen atoms in total. The van der Waals surface area contributed by atoms with Crippen LogP contribution in [0.25, 0.3) is 22.1 Å². The number of hydrogen-bond donors (Lipinski definition) is 2. The number of imidazole rings is 2. The van der Waals surface area contributed by atoms with Gasteiger partial charge in [0.05, 0.1) is 22.1 Å². The number of nitrogens with zero attached hydrogens (tertiary/aromatic N) is 2. The van der Waals surface area contributed by atoms with E-state index in [-0.39, 0.29) is 5.48 Å². The van der Waals surface area contributed by atoms with Gasteiger partial charge in [0.25, 0.3) is 0 Å². The van der Waals surface area contributed by atoms with E-state index < -0.39 is 0 Å². The van der Waals surface area contributed by atoms with Crippen molar-refractivity contribution in [3.05, 3.63) is 60.2 Å². The van der Waals surface area contributed by atoms with Crippen molar-refractivity contribution in [3.63, 3.8) is 0 Å². The number of aromatic amines is 2. The van der Waals surface area contributed by atoms with Gasteiger partial charge in [-0.1, -0.05) is 24.3 Å². The molecule has 0 spiro atoms. The zero-order chi connectivity index (χ0) is 13.9. The summed E-state index contributed by atoms with van der Waals surface area (Å²) in [6, 6.07) is 16.0. The average molecular weight is 282 g/mol. The van der Waals surface area contributed by atoms with E-state index in [4.69, 9.17) is 0 Å². The molecule has 0 fully saturated rings. The zero-order valence-electron chi connectivity index (χ0n) is 12.0. The van der Waals surface area contributed by atoms with Crippen molar-refractivity contribution in [2.75, 3.05) is 0 Å². The van der Waals surface area contributed by atoms with E-state index in [2.05, 4.69) is 19.9 Å². The minimum absolute atomic E-state index is 0. The molecule has 0 saturated carbocycles. The molecule has 0 aliphatic rings. The van der Waals surface area contributed by atoms with Crippen LogP contribution < -0.4 is 0 Å². The normalized spacial score (nSPS) is 10.0. The van der Waals surface area contributed by atoms with Crippen molar-refractivity contribution < 1.29 is 5.48 Å². The summed E-state index contributed by atoms with van der Waals surface area (Å²) < 4.78 is 0. The minimum Gasteiger partial charge on any atom is -0.412 e. The van der Waals surface area contributed by atoms with E-state index >= 15 is 0 Å². The molecule has 5 heteroatoms. The molecule has 0 unspecified atom stereocenters. The number of para-hydroxylation sites is 4. The molecule has 21 heavy (non-hydrogen) atoms. The molecule has 4 aromatic rings. The summed E-state index contributed by atoms with van der Waals surface area (Å²) in [5.74, 6) is 1.95. The molecule has 0 amide bonds. The summed E-state index contributed by atoms with van der Waals surface area (Å²) in [6.07, 6.45) is 0. The van der Waals surface area contributed by atoms with Crippen LogP contribution in [0.1, 0.15) is 11.6 Å². The second-order valence-corrected chi connectivity index (χ2v) is 4.68. The van der Waals surface area contributed by atoms with Crippen molar-refractivity contribution >= 4 is 22.1 Å². The highest BCUT2D eigenvalue weighted by atomic mass is 16.0. The van der Waals surface area contributed by atoms with E-state index in [1.165, 1.54) is 0 Å². The Bertz CT molecular complexity index is 709. The maximum Gasteiger partial charge on any atom is 0.104 e. The maximum absolute atomic E-state index is 4.26. The first-order chi connectivity index (χ1) is 9.72. The summed E-state index contributed by atoms with van der Waals surface area (Å²) >= 11 is 0. The molecular formula is C16H18N4O. The van der Waals surface area contributed by atoms with Gasteiger partial charge in [-0.3, -0.25) is 0 Å². The molecule has 0 radical (unpaired) electrons. The number of nitrogens with one attached hydrogen (secondary N) is 2. The van der Waals surface area contributed by atoms with E-state index in [9.17, 15) is 0 Å². The van der Waals surface area contributed by atoms with Crippen LogP contribution in [-0.4, -0.2) is 25.4 Å². The van der Waals surface area contributed by atoms with E-state index in [1.54, 1.807) is 0 Å². The molecule has 4 rings (SSSR count). The fourth-order valence-corrected chi connectivity index (χ4v) is 2.16. The Morgan fingerprint density at radius 1 is 0.667 bits per heavy atom. The van der Waals surface area contributed by atoms with Crippen LogP contribution in [0.4, 0.5) is 0 Å². The topological polar surface area (TPSA) is 88.9 Å². The molecule has 2 aromatic carbocycles. The summed E-state index contributed by atoms with van der Waals surface area (Å²) in [5.41, 5.74) is 4.31. The Morgan fingerprint density at radius 3 is 1.43 bits per heavy atom.